The van der Waals surface area contributed by atoms with Gasteiger partial charge in [0.1, 0.15) is 0 Å². The minimum absolute atomic E-state index is 0.178. The van der Waals surface area contributed by atoms with Gasteiger partial charge in [0.15, 0.2) is 0 Å². The minimum Gasteiger partial charge on any atom is -0.352 e. The van der Waals surface area contributed by atoms with E-state index in [1.807, 2.05) is 6.07 Å². The van der Waals surface area contributed by atoms with Crippen molar-refractivity contribution >= 4 is 17.2 Å². The Morgan fingerprint density at radius 2 is 2.09 bits per heavy atom. The molecule has 3 nitrogen and oxygen atoms in total. The van der Waals surface area contributed by atoms with E-state index in [1.54, 1.807) is 11.3 Å². The summed E-state index contributed by atoms with van der Waals surface area (Å²) in [6.45, 7) is 2.99. The third kappa shape index (κ3) is 4.42. The maximum Gasteiger partial charge on any atom is 0.220 e. The zero-order chi connectivity index (χ0) is 15.2. The van der Waals surface area contributed by atoms with Crippen molar-refractivity contribution in [2.24, 2.45) is 0 Å². The number of nitrogens with zero attached hydrogens (tertiary/aromatic N) is 1. The second-order valence-electron chi connectivity index (χ2n) is 5.91. The first-order valence-corrected chi connectivity index (χ1v) is 8.80. The molecule has 1 aromatic carbocycles. The molecule has 2 heterocycles. The van der Waals surface area contributed by atoms with Gasteiger partial charge >= 0.3 is 0 Å². The Morgan fingerprint density at radius 3 is 2.86 bits per heavy atom. The molecule has 1 N–H and O–H groups in total. The predicted octanol–water partition coefficient (Wildman–Crippen LogP) is 3.07. The summed E-state index contributed by atoms with van der Waals surface area (Å²) in [7, 11) is 0. The fourth-order valence-electron chi connectivity index (χ4n) is 2.93. The molecule has 1 unspecified atom stereocenters. The maximum atomic E-state index is 12.0. The van der Waals surface area contributed by atoms with Crippen LogP contribution in [0.1, 0.15) is 24.0 Å². The van der Waals surface area contributed by atoms with Crippen molar-refractivity contribution < 1.29 is 4.79 Å². The van der Waals surface area contributed by atoms with Crippen molar-refractivity contribution in [3.8, 4) is 0 Å². The summed E-state index contributed by atoms with van der Waals surface area (Å²) in [6.07, 6.45) is 2.48. The molecule has 1 fully saturated rings. The number of rotatable bonds is 6. The molecule has 3 rings (SSSR count). The van der Waals surface area contributed by atoms with Gasteiger partial charge in [-0.2, -0.15) is 11.3 Å². The Balaban J connectivity index is 1.40. The van der Waals surface area contributed by atoms with Crippen molar-refractivity contribution in [2.45, 2.75) is 31.8 Å². The molecule has 0 radical (unpaired) electrons. The normalized spacial score (nSPS) is 18.5. The van der Waals surface area contributed by atoms with Gasteiger partial charge in [-0.25, -0.2) is 0 Å². The summed E-state index contributed by atoms with van der Waals surface area (Å²) in [5, 5.41) is 7.36. The number of amides is 1. The second-order valence-corrected chi connectivity index (χ2v) is 6.69. The molecule has 116 valence electrons. The number of carbonyl (C=O) groups is 1. The zero-order valence-electron chi connectivity index (χ0n) is 12.7. The number of nitrogens with one attached hydrogen (secondary N) is 1. The van der Waals surface area contributed by atoms with E-state index in [-0.39, 0.29) is 5.91 Å². The highest BCUT2D eigenvalue weighted by Gasteiger charge is 2.23. The summed E-state index contributed by atoms with van der Waals surface area (Å²) in [5.74, 6) is 0.178. The van der Waals surface area contributed by atoms with Crippen molar-refractivity contribution in [2.75, 3.05) is 13.1 Å². The van der Waals surface area contributed by atoms with E-state index in [9.17, 15) is 4.79 Å². The Hall–Kier alpha value is -1.65. The van der Waals surface area contributed by atoms with E-state index >= 15 is 0 Å². The molecule has 2 aromatic rings. The van der Waals surface area contributed by atoms with Gasteiger partial charge in [0.2, 0.25) is 5.91 Å². The minimum atomic E-state index is 0.178. The molecule has 4 heteroatoms. The average molecular weight is 314 g/mol. The molecule has 0 aliphatic carbocycles. The van der Waals surface area contributed by atoms with Gasteiger partial charge < -0.3 is 5.32 Å². The molecular formula is C18H22N2OS. The number of thiophene rings is 1. The maximum absolute atomic E-state index is 12.0. The number of aryl methyl sites for hydroxylation is 1. The smallest absolute Gasteiger partial charge is 0.220 e. The van der Waals surface area contributed by atoms with Crippen LogP contribution in [-0.4, -0.2) is 29.9 Å². The highest BCUT2D eigenvalue weighted by molar-refractivity contribution is 7.07. The number of benzene rings is 1. The Bertz CT molecular complexity index is 582. The van der Waals surface area contributed by atoms with Gasteiger partial charge in [-0.3, -0.25) is 9.69 Å². The van der Waals surface area contributed by atoms with Crippen LogP contribution in [0.5, 0.6) is 0 Å². The van der Waals surface area contributed by atoms with Crippen LogP contribution in [0.4, 0.5) is 0 Å². The molecule has 0 saturated carbocycles. The topological polar surface area (TPSA) is 32.3 Å². The Morgan fingerprint density at radius 1 is 1.23 bits per heavy atom. The first-order chi connectivity index (χ1) is 10.8. The van der Waals surface area contributed by atoms with Crippen molar-refractivity contribution in [3.63, 3.8) is 0 Å². The second kappa shape index (κ2) is 7.56. The molecule has 1 atom stereocenters. The fourth-order valence-corrected chi connectivity index (χ4v) is 3.63. The quantitative estimate of drug-likeness (QED) is 0.889. The highest BCUT2D eigenvalue weighted by atomic mass is 32.1. The molecule has 1 aliphatic heterocycles. The first kappa shape index (κ1) is 15.3. The van der Waals surface area contributed by atoms with Crippen LogP contribution in [-0.2, 0) is 17.8 Å². The lowest BCUT2D eigenvalue weighted by atomic mass is 10.1. The van der Waals surface area contributed by atoms with Crippen LogP contribution >= 0.6 is 11.3 Å². The molecule has 1 amide bonds. The van der Waals surface area contributed by atoms with E-state index < -0.39 is 0 Å². The Labute approximate surface area is 136 Å². The van der Waals surface area contributed by atoms with Gasteiger partial charge in [0.25, 0.3) is 0 Å². The molecule has 22 heavy (non-hydrogen) atoms. The number of likely N-dealkylation sites (tertiary alicyclic amines) is 1. The molecule has 0 spiro atoms. The van der Waals surface area contributed by atoms with Crippen LogP contribution in [0, 0.1) is 0 Å². The van der Waals surface area contributed by atoms with Gasteiger partial charge in [-0.05, 0) is 40.8 Å². The summed E-state index contributed by atoms with van der Waals surface area (Å²) in [4.78, 5) is 14.4. The van der Waals surface area contributed by atoms with Crippen LogP contribution < -0.4 is 5.32 Å². The monoisotopic (exact) mass is 314 g/mol. The summed E-state index contributed by atoms with van der Waals surface area (Å²) < 4.78 is 0. The summed E-state index contributed by atoms with van der Waals surface area (Å²) in [5.41, 5.74) is 2.60. The standard InChI is InChI=1S/C18H22N2OS/c21-18(7-6-16-9-11-22-14-16)19-17-8-10-20(13-17)12-15-4-2-1-3-5-15/h1-5,9,11,14,17H,6-8,10,12-13H2,(H,19,21). The predicted molar refractivity (Wildman–Crippen MR) is 90.9 cm³/mol. The number of hydrogen-bond acceptors (Lipinski definition) is 3. The van der Waals surface area contributed by atoms with Gasteiger partial charge in [0.05, 0.1) is 0 Å². The van der Waals surface area contributed by atoms with E-state index in [4.69, 9.17) is 0 Å². The largest absolute Gasteiger partial charge is 0.352 e. The van der Waals surface area contributed by atoms with E-state index in [0.29, 0.717) is 12.5 Å². The molecule has 1 aliphatic rings. The average Bonchev–Trinajstić information content (AvgIpc) is 3.18. The van der Waals surface area contributed by atoms with Crippen LogP contribution in [0.25, 0.3) is 0 Å². The van der Waals surface area contributed by atoms with Gasteiger partial charge in [-0.1, -0.05) is 30.3 Å². The lowest BCUT2D eigenvalue weighted by molar-refractivity contribution is -0.121. The molecule has 0 bridgehead atoms. The highest BCUT2D eigenvalue weighted by Crippen LogP contribution is 2.14. The van der Waals surface area contributed by atoms with E-state index in [1.165, 1.54) is 11.1 Å². The van der Waals surface area contributed by atoms with Crippen molar-refractivity contribution in [1.29, 1.82) is 0 Å². The molecular weight excluding hydrogens is 292 g/mol. The van der Waals surface area contributed by atoms with Crippen molar-refractivity contribution in [3.05, 3.63) is 58.3 Å². The van der Waals surface area contributed by atoms with Crippen LogP contribution in [0.15, 0.2) is 47.2 Å². The molecule has 1 aromatic heterocycles. The lowest BCUT2D eigenvalue weighted by Gasteiger charge is -2.16. The first-order valence-electron chi connectivity index (χ1n) is 7.86. The zero-order valence-corrected chi connectivity index (χ0v) is 13.5. The summed E-state index contributed by atoms with van der Waals surface area (Å²) in [6, 6.07) is 12.9. The van der Waals surface area contributed by atoms with Gasteiger partial charge in [-0.15, -0.1) is 0 Å². The third-order valence-electron chi connectivity index (χ3n) is 4.11. The lowest BCUT2D eigenvalue weighted by Crippen LogP contribution is -2.37. The number of hydrogen-bond donors (Lipinski definition) is 1. The van der Waals surface area contributed by atoms with Crippen LogP contribution in [0.3, 0.4) is 0 Å². The molecule has 1 saturated heterocycles. The third-order valence-corrected chi connectivity index (χ3v) is 4.84. The SMILES string of the molecule is O=C(CCc1ccsc1)NC1CCN(Cc2ccccc2)C1. The van der Waals surface area contributed by atoms with E-state index in [0.717, 1.165) is 32.5 Å². The number of carbonyl (C=O) groups excluding carboxylic acids is 1. The fraction of sp³-hybridized carbons (Fsp3) is 0.389. The van der Waals surface area contributed by atoms with Crippen LogP contribution in [0.2, 0.25) is 0 Å². The Kier molecular flexibility index (Phi) is 5.24. The van der Waals surface area contributed by atoms with Crippen molar-refractivity contribution in [1.82, 2.24) is 10.2 Å². The van der Waals surface area contributed by atoms with E-state index in [2.05, 4.69) is 51.3 Å². The van der Waals surface area contributed by atoms with Gasteiger partial charge in [0, 0.05) is 32.1 Å². The summed E-state index contributed by atoms with van der Waals surface area (Å²) >= 11 is 1.69.